The van der Waals surface area contributed by atoms with E-state index in [-0.39, 0.29) is 11.9 Å². The number of nitrogens with one attached hydrogen (secondary N) is 2. The monoisotopic (exact) mass is 311 g/mol. The van der Waals surface area contributed by atoms with Gasteiger partial charge in [-0.3, -0.25) is 4.79 Å². The standard InChI is InChI=1S/C14H25N5OS/c1-3-21-9-6-11(2)16-14(20)13-10-19(18-17-13)12-4-7-15-8-5-12/h10-12,15H,3-9H2,1-2H3,(H,16,20). The third kappa shape index (κ3) is 5.00. The van der Waals surface area contributed by atoms with Gasteiger partial charge in [-0.1, -0.05) is 12.1 Å². The molecule has 0 radical (unpaired) electrons. The second-order valence-electron chi connectivity index (χ2n) is 5.43. The lowest BCUT2D eigenvalue weighted by Gasteiger charge is -2.22. The smallest absolute Gasteiger partial charge is 0.273 e. The summed E-state index contributed by atoms with van der Waals surface area (Å²) < 4.78 is 1.84. The molecule has 21 heavy (non-hydrogen) atoms. The van der Waals surface area contributed by atoms with Gasteiger partial charge in [0.05, 0.1) is 12.2 Å². The Balaban J connectivity index is 1.83. The van der Waals surface area contributed by atoms with Crippen molar-refractivity contribution in [2.24, 2.45) is 0 Å². The first kappa shape index (κ1) is 16.3. The number of hydrogen-bond donors (Lipinski definition) is 2. The predicted molar refractivity (Wildman–Crippen MR) is 85.7 cm³/mol. The van der Waals surface area contributed by atoms with Crippen LogP contribution in [0.3, 0.4) is 0 Å². The Morgan fingerprint density at radius 3 is 3.05 bits per heavy atom. The van der Waals surface area contributed by atoms with Crippen LogP contribution in [0.4, 0.5) is 0 Å². The van der Waals surface area contributed by atoms with Crippen LogP contribution < -0.4 is 10.6 Å². The maximum absolute atomic E-state index is 12.1. The first-order valence-corrected chi connectivity index (χ1v) is 8.87. The molecule has 1 unspecified atom stereocenters. The van der Waals surface area contributed by atoms with Crippen LogP contribution in [0.5, 0.6) is 0 Å². The number of carbonyl (C=O) groups is 1. The summed E-state index contributed by atoms with van der Waals surface area (Å²) in [5.41, 5.74) is 0.420. The Bertz CT molecular complexity index is 444. The third-order valence-corrected chi connectivity index (χ3v) is 4.64. The second-order valence-corrected chi connectivity index (χ2v) is 6.82. The molecule has 0 aromatic carbocycles. The van der Waals surface area contributed by atoms with Crippen molar-refractivity contribution in [3.05, 3.63) is 11.9 Å². The van der Waals surface area contributed by atoms with Gasteiger partial charge in [0.25, 0.3) is 5.91 Å². The minimum atomic E-state index is -0.121. The maximum atomic E-state index is 12.1. The van der Waals surface area contributed by atoms with Gasteiger partial charge in [-0.15, -0.1) is 5.10 Å². The van der Waals surface area contributed by atoms with Crippen LogP contribution in [0.25, 0.3) is 0 Å². The van der Waals surface area contributed by atoms with Gasteiger partial charge in [0, 0.05) is 6.04 Å². The molecule has 1 aliphatic heterocycles. The molecule has 1 saturated heterocycles. The fourth-order valence-corrected chi connectivity index (χ4v) is 3.21. The van der Waals surface area contributed by atoms with Crippen LogP contribution in [0.1, 0.15) is 49.6 Å². The van der Waals surface area contributed by atoms with Gasteiger partial charge < -0.3 is 10.6 Å². The molecular formula is C14H25N5OS. The van der Waals surface area contributed by atoms with Crippen LogP contribution in [-0.2, 0) is 0 Å². The number of amides is 1. The number of rotatable bonds is 7. The lowest BCUT2D eigenvalue weighted by Crippen LogP contribution is -2.33. The minimum Gasteiger partial charge on any atom is -0.348 e. The summed E-state index contributed by atoms with van der Waals surface area (Å²) in [6.45, 7) is 6.18. The summed E-state index contributed by atoms with van der Waals surface area (Å²) in [6, 6.07) is 0.527. The number of piperidine rings is 1. The number of thioether (sulfide) groups is 1. The van der Waals surface area contributed by atoms with Crippen molar-refractivity contribution in [1.29, 1.82) is 0 Å². The van der Waals surface area contributed by atoms with Crippen LogP contribution >= 0.6 is 11.8 Å². The Hall–Kier alpha value is -1.08. The largest absolute Gasteiger partial charge is 0.348 e. The number of nitrogens with zero attached hydrogens (tertiary/aromatic N) is 3. The molecule has 1 amide bonds. The number of hydrogen-bond acceptors (Lipinski definition) is 5. The van der Waals surface area contributed by atoms with Crippen molar-refractivity contribution in [2.75, 3.05) is 24.6 Å². The first-order valence-electron chi connectivity index (χ1n) is 7.72. The molecule has 1 fully saturated rings. The van der Waals surface area contributed by atoms with Gasteiger partial charge in [0.1, 0.15) is 0 Å². The average Bonchev–Trinajstić information content (AvgIpc) is 2.98. The summed E-state index contributed by atoms with van der Waals surface area (Å²) in [7, 11) is 0. The molecule has 118 valence electrons. The Morgan fingerprint density at radius 1 is 1.57 bits per heavy atom. The maximum Gasteiger partial charge on any atom is 0.273 e. The molecule has 0 spiro atoms. The van der Waals surface area contributed by atoms with Crippen LogP contribution in [0, 0.1) is 0 Å². The van der Waals surface area contributed by atoms with Gasteiger partial charge in [-0.25, -0.2) is 4.68 Å². The van der Waals surface area contributed by atoms with Crippen LogP contribution in [0.15, 0.2) is 6.20 Å². The average molecular weight is 311 g/mol. The summed E-state index contributed by atoms with van der Waals surface area (Å²) in [6.07, 6.45) is 4.83. The number of aromatic nitrogens is 3. The van der Waals surface area contributed by atoms with E-state index in [0.29, 0.717) is 11.7 Å². The van der Waals surface area contributed by atoms with E-state index in [2.05, 4.69) is 27.9 Å². The normalized spacial score (nSPS) is 17.6. The van der Waals surface area contributed by atoms with E-state index in [1.54, 1.807) is 6.20 Å². The summed E-state index contributed by atoms with van der Waals surface area (Å²) in [5.74, 6) is 2.06. The molecule has 1 aromatic rings. The molecule has 1 aromatic heterocycles. The van der Waals surface area contributed by atoms with Crippen molar-refractivity contribution in [3.63, 3.8) is 0 Å². The Labute approximate surface area is 130 Å². The van der Waals surface area contributed by atoms with Crippen LogP contribution in [-0.4, -0.2) is 51.5 Å². The summed E-state index contributed by atoms with van der Waals surface area (Å²) in [5, 5.41) is 14.4. The van der Waals surface area contributed by atoms with Crippen LogP contribution in [0.2, 0.25) is 0 Å². The van der Waals surface area contributed by atoms with E-state index < -0.39 is 0 Å². The fourth-order valence-electron chi connectivity index (χ4n) is 2.40. The van der Waals surface area contributed by atoms with Gasteiger partial charge >= 0.3 is 0 Å². The summed E-state index contributed by atoms with van der Waals surface area (Å²) in [4.78, 5) is 12.1. The highest BCUT2D eigenvalue weighted by molar-refractivity contribution is 7.99. The Morgan fingerprint density at radius 2 is 2.33 bits per heavy atom. The Kier molecular flexibility index (Phi) is 6.50. The van der Waals surface area contributed by atoms with E-state index in [1.165, 1.54) is 0 Å². The molecule has 7 heteroatoms. The molecule has 0 saturated carbocycles. The van der Waals surface area contributed by atoms with Crippen molar-refractivity contribution in [1.82, 2.24) is 25.6 Å². The second kappa shape index (κ2) is 8.38. The predicted octanol–water partition coefficient (Wildman–Crippen LogP) is 1.46. The molecular weight excluding hydrogens is 286 g/mol. The van der Waals surface area contributed by atoms with E-state index >= 15 is 0 Å². The molecule has 2 N–H and O–H groups in total. The molecule has 0 bridgehead atoms. The lowest BCUT2D eigenvalue weighted by molar-refractivity contribution is 0.0934. The van der Waals surface area contributed by atoms with E-state index in [0.717, 1.165) is 43.9 Å². The lowest BCUT2D eigenvalue weighted by atomic mass is 10.1. The molecule has 1 aliphatic rings. The van der Waals surface area contributed by atoms with Gasteiger partial charge in [-0.05, 0) is 50.8 Å². The molecule has 2 rings (SSSR count). The highest BCUT2D eigenvalue weighted by Crippen LogP contribution is 2.17. The minimum absolute atomic E-state index is 0.121. The van der Waals surface area contributed by atoms with Gasteiger partial charge in [0.2, 0.25) is 0 Å². The summed E-state index contributed by atoms with van der Waals surface area (Å²) >= 11 is 1.89. The first-order chi connectivity index (χ1) is 10.2. The van der Waals surface area contributed by atoms with Crippen molar-refractivity contribution in [2.45, 2.75) is 45.2 Å². The zero-order valence-electron chi connectivity index (χ0n) is 12.8. The van der Waals surface area contributed by atoms with Gasteiger partial charge in [-0.2, -0.15) is 11.8 Å². The third-order valence-electron chi connectivity index (χ3n) is 3.70. The topological polar surface area (TPSA) is 71.8 Å². The SMILES string of the molecule is CCSCCC(C)NC(=O)c1cn(C2CCNCC2)nn1. The van der Waals surface area contributed by atoms with E-state index in [4.69, 9.17) is 0 Å². The van der Waals surface area contributed by atoms with E-state index in [9.17, 15) is 4.79 Å². The van der Waals surface area contributed by atoms with E-state index in [1.807, 2.05) is 23.4 Å². The zero-order valence-corrected chi connectivity index (χ0v) is 13.7. The fraction of sp³-hybridized carbons (Fsp3) is 0.786. The highest BCUT2D eigenvalue weighted by atomic mass is 32.2. The zero-order chi connectivity index (χ0) is 15.1. The highest BCUT2D eigenvalue weighted by Gasteiger charge is 2.19. The molecule has 1 atom stereocenters. The molecule has 6 nitrogen and oxygen atoms in total. The quantitative estimate of drug-likeness (QED) is 0.746. The van der Waals surface area contributed by atoms with Gasteiger partial charge in [0.15, 0.2) is 5.69 Å². The van der Waals surface area contributed by atoms with Crippen molar-refractivity contribution in [3.8, 4) is 0 Å². The van der Waals surface area contributed by atoms with Crippen molar-refractivity contribution < 1.29 is 4.79 Å². The van der Waals surface area contributed by atoms with Crippen molar-refractivity contribution >= 4 is 17.7 Å². The number of carbonyl (C=O) groups excluding carboxylic acids is 1. The molecule has 2 heterocycles. The molecule has 0 aliphatic carbocycles.